The first-order valence-electron chi connectivity index (χ1n) is 5.23. The minimum Gasteiger partial charge on any atom is -0.376 e. The average molecular weight is 169 g/mol. The first-order chi connectivity index (χ1) is 5.86. The van der Waals surface area contributed by atoms with E-state index in [0.29, 0.717) is 12.1 Å². The van der Waals surface area contributed by atoms with E-state index in [1.165, 1.54) is 32.1 Å². The summed E-state index contributed by atoms with van der Waals surface area (Å²) in [6.45, 7) is 0.971. The molecule has 0 spiro atoms. The van der Waals surface area contributed by atoms with Gasteiger partial charge in [-0.3, -0.25) is 0 Å². The van der Waals surface area contributed by atoms with Crippen LogP contribution in [0, 0.1) is 5.92 Å². The second kappa shape index (κ2) is 3.75. The highest BCUT2D eigenvalue weighted by molar-refractivity contribution is 4.80. The summed E-state index contributed by atoms with van der Waals surface area (Å²) in [7, 11) is 0. The van der Waals surface area contributed by atoms with E-state index in [-0.39, 0.29) is 0 Å². The van der Waals surface area contributed by atoms with Crippen molar-refractivity contribution in [2.75, 3.05) is 6.61 Å². The number of rotatable bonds is 3. The second-order valence-corrected chi connectivity index (χ2v) is 4.26. The summed E-state index contributed by atoms with van der Waals surface area (Å²) in [5, 5.41) is 0. The first kappa shape index (κ1) is 8.52. The van der Waals surface area contributed by atoms with Crippen LogP contribution in [0.25, 0.3) is 0 Å². The molecule has 0 bridgehead atoms. The van der Waals surface area contributed by atoms with Gasteiger partial charge in [-0.25, -0.2) is 0 Å². The van der Waals surface area contributed by atoms with Crippen molar-refractivity contribution in [2.45, 2.75) is 50.7 Å². The molecule has 12 heavy (non-hydrogen) atoms. The molecule has 2 aliphatic rings. The van der Waals surface area contributed by atoms with Crippen molar-refractivity contribution in [1.82, 2.24) is 0 Å². The van der Waals surface area contributed by atoms with Crippen LogP contribution in [0.3, 0.4) is 0 Å². The molecule has 0 saturated heterocycles. The van der Waals surface area contributed by atoms with Crippen molar-refractivity contribution in [3.05, 3.63) is 0 Å². The predicted octanol–water partition coefficient (Wildman–Crippen LogP) is 1.68. The topological polar surface area (TPSA) is 35.2 Å². The Labute approximate surface area is 74.5 Å². The van der Waals surface area contributed by atoms with Crippen molar-refractivity contribution >= 4 is 0 Å². The Morgan fingerprint density at radius 1 is 1.08 bits per heavy atom. The quantitative estimate of drug-likeness (QED) is 0.697. The van der Waals surface area contributed by atoms with Gasteiger partial charge in [-0.2, -0.15) is 0 Å². The maximum atomic E-state index is 5.96. The van der Waals surface area contributed by atoms with Crippen molar-refractivity contribution in [3.8, 4) is 0 Å². The number of ether oxygens (including phenoxy) is 1. The fourth-order valence-corrected chi connectivity index (χ4v) is 1.88. The van der Waals surface area contributed by atoms with Crippen molar-refractivity contribution < 1.29 is 4.74 Å². The SMILES string of the molecule is N[C@H]1CCCC[C@H]1OCC1CC1. The standard InChI is InChI=1S/C10H19NO/c11-9-3-1-2-4-10(9)12-7-8-5-6-8/h8-10H,1-7,11H2/t9-,10+/m0/s1. The van der Waals surface area contributed by atoms with Gasteiger partial charge >= 0.3 is 0 Å². The molecule has 0 radical (unpaired) electrons. The van der Waals surface area contributed by atoms with Crippen LogP contribution in [0.5, 0.6) is 0 Å². The highest BCUT2D eigenvalue weighted by Gasteiger charge is 2.26. The van der Waals surface area contributed by atoms with Crippen molar-refractivity contribution in [1.29, 1.82) is 0 Å². The first-order valence-corrected chi connectivity index (χ1v) is 5.23. The smallest absolute Gasteiger partial charge is 0.0726 e. The number of hydrogen-bond acceptors (Lipinski definition) is 2. The molecule has 0 aromatic rings. The third-order valence-corrected chi connectivity index (χ3v) is 3.00. The number of nitrogens with two attached hydrogens (primary N) is 1. The molecule has 2 aliphatic carbocycles. The van der Waals surface area contributed by atoms with Gasteiger partial charge in [0.1, 0.15) is 0 Å². The van der Waals surface area contributed by atoms with E-state index in [1.54, 1.807) is 0 Å². The van der Waals surface area contributed by atoms with Gasteiger partial charge in [0, 0.05) is 12.6 Å². The van der Waals surface area contributed by atoms with E-state index in [2.05, 4.69) is 0 Å². The Morgan fingerprint density at radius 3 is 2.50 bits per heavy atom. The zero-order chi connectivity index (χ0) is 8.39. The summed E-state index contributed by atoms with van der Waals surface area (Å²) >= 11 is 0. The third-order valence-electron chi connectivity index (χ3n) is 3.00. The number of hydrogen-bond donors (Lipinski definition) is 1. The molecular formula is C10H19NO. The van der Waals surface area contributed by atoms with Crippen molar-refractivity contribution in [2.24, 2.45) is 11.7 Å². The van der Waals surface area contributed by atoms with E-state index in [4.69, 9.17) is 10.5 Å². The molecule has 70 valence electrons. The largest absolute Gasteiger partial charge is 0.376 e. The van der Waals surface area contributed by atoms with Crippen LogP contribution in [0.2, 0.25) is 0 Å². The van der Waals surface area contributed by atoms with Crippen LogP contribution in [0.1, 0.15) is 38.5 Å². The summed E-state index contributed by atoms with van der Waals surface area (Å²) in [6, 6.07) is 0.317. The molecule has 0 unspecified atom stereocenters. The molecule has 2 nitrogen and oxygen atoms in total. The summed E-state index contributed by atoms with van der Waals surface area (Å²) in [4.78, 5) is 0. The van der Waals surface area contributed by atoms with Gasteiger partial charge in [0.05, 0.1) is 6.10 Å². The zero-order valence-corrected chi connectivity index (χ0v) is 7.67. The van der Waals surface area contributed by atoms with Crippen LogP contribution in [-0.4, -0.2) is 18.8 Å². The van der Waals surface area contributed by atoms with Crippen LogP contribution < -0.4 is 5.73 Å². The molecule has 0 aliphatic heterocycles. The van der Waals surface area contributed by atoms with Crippen LogP contribution in [0.4, 0.5) is 0 Å². The van der Waals surface area contributed by atoms with Gasteiger partial charge in [0.25, 0.3) is 0 Å². The molecule has 0 heterocycles. The van der Waals surface area contributed by atoms with Gasteiger partial charge in [0.2, 0.25) is 0 Å². The molecular weight excluding hydrogens is 150 g/mol. The molecule has 2 fully saturated rings. The van der Waals surface area contributed by atoms with Gasteiger partial charge in [0.15, 0.2) is 0 Å². The molecule has 0 amide bonds. The lowest BCUT2D eigenvalue weighted by Crippen LogP contribution is -2.39. The van der Waals surface area contributed by atoms with E-state index in [0.717, 1.165) is 18.9 Å². The Morgan fingerprint density at radius 2 is 1.83 bits per heavy atom. The molecule has 2 N–H and O–H groups in total. The molecule has 2 saturated carbocycles. The van der Waals surface area contributed by atoms with Crippen molar-refractivity contribution in [3.63, 3.8) is 0 Å². The summed E-state index contributed by atoms with van der Waals surface area (Å²) < 4.78 is 5.79. The zero-order valence-electron chi connectivity index (χ0n) is 7.67. The fourth-order valence-electron chi connectivity index (χ4n) is 1.88. The summed E-state index contributed by atoms with van der Waals surface area (Å²) in [6.07, 6.45) is 8.08. The predicted molar refractivity (Wildman–Crippen MR) is 48.9 cm³/mol. The maximum Gasteiger partial charge on any atom is 0.0726 e. The summed E-state index contributed by atoms with van der Waals surface area (Å²) in [5.41, 5.74) is 5.96. The minimum atomic E-state index is 0.317. The van der Waals surface area contributed by atoms with Crippen LogP contribution in [0.15, 0.2) is 0 Å². The minimum absolute atomic E-state index is 0.317. The lowest BCUT2D eigenvalue weighted by Gasteiger charge is -2.28. The van der Waals surface area contributed by atoms with Gasteiger partial charge in [-0.1, -0.05) is 12.8 Å². The monoisotopic (exact) mass is 169 g/mol. The third kappa shape index (κ3) is 2.20. The maximum absolute atomic E-state index is 5.96. The van der Waals surface area contributed by atoms with Gasteiger partial charge < -0.3 is 10.5 Å². The van der Waals surface area contributed by atoms with E-state index in [1.807, 2.05) is 0 Å². The highest BCUT2D eigenvalue weighted by Crippen LogP contribution is 2.30. The molecule has 2 rings (SSSR count). The lowest BCUT2D eigenvalue weighted by atomic mass is 9.93. The Bertz CT molecular complexity index is 145. The van der Waals surface area contributed by atoms with E-state index in [9.17, 15) is 0 Å². The van der Waals surface area contributed by atoms with Gasteiger partial charge in [-0.05, 0) is 31.6 Å². The molecule has 2 atom stereocenters. The Hall–Kier alpha value is -0.0800. The summed E-state index contributed by atoms with van der Waals surface area (Å²) in [5.74, 6) is 0.874. The lowest BCUT2D eigenvalue weighted by molar-refractivity contribution is 0.00939. The molecule has 2 heteroatoms. The van der Waals surface area contributed by atoms with Crippen LogP contribution >= 0.6 is 0 Å². The average Bonchev–Trinajstić information content (AvgIpc) is 2.86. The van der Waals surface area contributed by atoms with E-state index >= 15 is 0 Å². The normalized spacial score (nSPS) is 36.8. The second-order valence-electron chi connectivity index (χ2n) is 4.26. The van der Waals surface area contributed by atoms with Crippen LogP contribution in [-0.2, 0) is 4.74 Å². The Balaban J connectivity index is 1.68. The highest BCUT2D eigenvalue weighted by atomic mass is 16.5. The molecule has 0 aromatic heterocycles. The van der Waals surface area contributed by atoms with Gasteiger partial charge in [-0.15, -0.1) is 0 Å². The Kier molecular flexibility index (Phi) is 2.66. The fraction of sp³-hybridized carbons (Fsp3) is 1.00. The van der Waals surface area contributed by atoms with E-state index < -0.39 is 0 Å². The molecule has 0 aromatic carbocycles.